The summed E-state index contributed by atoms with van der Waals surface area (Å²) in [7, 11) is 0. The first-order valence-electron chi connectivity index (χ1n) is 8.84. The van der Waals surface area contributed by atoms with Crippen LogP contribution in [0.3, 0.4) is 0 Å². The maximum absolute atomic E-state index is 12.7. The van der Waals surface area contributed by atoms with E-state index in [1.165, 1.54) is 5.56 Å². The first-order chi connectivity index (χ1) is 11.3. The van der Waals surface area contributed by atoms with Gasteiger partial charge >= 0.3 is 5.97 Å². The second kappa shape index (κ2) is 6.23. The Labute approximate surface area is 144 Å². The summed E-state index contributed by atoms with van der Waals surface area (Å²) < 4.78 is 5.68. The number of benzene rings is 1. The summed E-state index contributed by atoms with van der Waals surface area (Å²) in [5.41, 5.74) is 2.12. The molecule has 4 heteroatoms. The quantitative estimate of drug-likeness (QED) is 0.865. The summed E-state index contributed by atoms with van der Waals surface area (Å²) in [6, 6.07) is 8.12. The lowest BCUT2D eigenvalue weighted by Crippen LogP contribution is -2.54. The van der Waals surface area contributed by atoms with Gasteiger partial charge in [-0.1, -0.05) is 51.5 Å². The summed E-state index contributed by atoms with van der Waals surface area (Å²) in [4.78, 5) is 24.4. The highest BCUT2D eigenvalue weighted by Gasteiger charge is 2.51. The molecule has 1 saturated carbocycles. The van der Waals surface area contributed by atoms with E-state index in [4.69, 9.17) is 4.74 Å². The fourth-order valence-electron chi connectivity index (χ4n) is 4.05. The first-order valence-corrected chi connectivity index (χ1v) is 8.84. The summed E-state index contributed by atoms with van der Waals surface area (Å²) in [6.45, 7) is 7.19. The Kier molecular flexibility index (Phi) is 4.41. The molecule has 24 heavy (non-hydrogen) atoms. The molecule has 0 aromatic heterocycles. The molecule has 2 aliphatic rings. The molecule has 1 amide bonds. The second-order valence-electron chi connectivity index (χ2n) is 8.26. The van der Waals surface area contributed by atoms with Crippen LogP contribution in [0, 0.1) is 11.3 Å². The maximum atomic E-state index is 12.7. The van der Waals surface area contributed by atoms with E-state index in [0.717, 1.165) is 24.8 Å². The van der Waals surface area contributed by atoms with Gasteiger partial charge in [-0.2, -0.15) is 0 Å². The van der Waals surface area contributed by atoms with Gasteiger partial charge in [0.1, 0.15) is 6.61 Å². The third-order valence-corrected chi connectivity index (χ3v) is 5.58. The molecule has 1 aliphatic heterocycles. The first kappa shape index (κ1) is 17.0. The molecule has 1 N–H and O–H groups in total. The van der Waals surface area contributed by atoms with Crippen molar-refractivity contribution < 1.29 is 14.3 Å². The summed E-state index contributed by atoms with van der Waals surface area (Å²) in [6.07, 6.45) is 3.48. The van der Waals surface area contributed by atoms with Crippen LogP contribution in [0.1, 0.15) is 57.6 Å². The molecule has 0 radical (unpaired) electrons. The molecular weight excluding hydrogens is 302 g/mol. The fraction of sp³-hybridized carbons (Fsp3) is 0.600. The Hall–Kier alpha value is -1.84. The van der Waals surface area contributed by atoms with Crippen molar-refractivity contribution >= 4 is 11.9 Å². The van der Waals surface area contributed by atoms with E-state index in [-0.39, 0.29) is 28.6 Å². The van der Waals surface area contributed by atoms with Crippen molar-refractivity contribution in [2.24, 2.45) is 11.3 Å². The second-order valence-corrected chi connectivity index (χ2v) is 8.26. The van der Waals surface area contributed by atoms with E-state index in [2.05, 4.69) is 32.2 Å². The lowest BCUT2D eigenvalue weighted by atomic mass is 9.58. The summed E-state index contributed by atoms with van der Waals surface area (Å²) in [5.74, 6) is -0.305. The zero-order valence-electron chi connectivity index (χ0n) is 14.9. The minimum absolute atomic E-state index is 0.0109. The van der Waals surface area contributed by atoms with Crippen LogP contribution in [-0.2, 0) is 26.3 Å². The van der Waals surface area contributed by atoms with Crippen LogP contribution in [0.2, 0.25) is 0 Å². The van der Waals surface area contributed by atoms with E-state index in [0.29, 0.717) is 19.6 Å². The number of rotatable bonds is 3. The molecule has 1 aliphatic carbocycles. The van der Waals surface area contributed by atoms with E-state index < -0.39 is 0 Å². The van der Waals surface area contributed by atoms with Gasteiger partial charge in [0.25, 0.3) is 0 Å². The van der Waals surface area contributed by atoms with Crippen molar-refractivity contribution in [3.8, 4) is 0 Å². The normalized spacial score (nSPS) is 22.6. The number of ether oxygens (including phenoxy) is 1. The van der Waals surface area contributed by atoms with Crippen molar-refractivity contribution in [3.63, 3.8) is 0 Å². The van der Waals surface area contributed by atoms with Gasteiger partial charge in [-0.05, 0) is 34.8 Å². The van der Waals surface area contributed by atoms with Gasteiger partial charge in [0, 0.05) is 13.0 Å². The molecule has 1 atom stereocenters. The van der Waals surface area contributed by atoms with E-state index in [1.807, 2.05) is 18.2 Å². The molecular formula is C20H27NO3. The summed E-state index contributed by atoms with van der Waals surface area (Å²) >= 11 is 0. The van der Waals surface area contributed by atoms with Crippen molar-refractivity contribution in [2.75, 3.05) is 6.54 Å². The van der Waals surface area contributed by atoms with Crippen molar-refractivity contribution in [2.45, 2.75) is 58.5 Å². The molecule has 1 heterocycles. The Balaban J connectivity index is 1.69. The topological polar surface area (TPSA) is 55.4 Å². The zero-order chi connectivity index (χ0) is 17.4. The molecule has 1 aromatic rings. The largest absolute Gasteiger partial charge is 0.461 e. The maximum Gasteiger partial charge on any atom is 0.311 e. The number of carbonyl (C=O) groups excluding carboxylic acids is 2. The number of amides is 1. The van der Waals surface area contributed by atoms with Gasteiger partial charge in [0.2, 0.25) is 5.91 Å². The Morgan fingerprint density at radius 3 is 2.62 bits per heavy atom. The average molecular weight is 329 g/mol. The SMILES string of the molecule is CC(C)(C)c1ccccc1COC(=O)C1CNC(=O)CC12CCC2. The van der Waals surface area contributed by atoms with E-state index in [1.54, 1.807) is 0 Å². The van der Waals surface area contributed by atoms with Crippen molar-refractivity contribution in [1.29, 1.82) is 0 Å². The van der Waals surface area contributed by atoms with Crippen LogP contribution in [0.4, 0.5) is 0 Å². The zero-order valence-corrected chi connectivity index (χ0v) is 14.9. The molecule has 1 saturated heterocycles. The molecule has 0 bridgehead atoms. The van der Waals surface area contributed by atoms with E-state index in [9.17, 15) is 9.59 Å². The third kappa shape index (κ3) is 3.19. The highest BCUT2D eigenvalue weighted by Crippen LogP contribution is 2.51. The van der Waals surface area contributed by atoms with E-state index >= 15 is 0 Å². The molecule has 130 valence electrons. The number of nitrogens with one attached hydrogen (secondary N) is 1. The highest BCUT2D eigenvalue weighted by molar-refractivity contribution is 5.83. The third-order valence-electron chi connectivity index (χ3n) is 5.58. The predicted molar refractivity (Wildman–Crippen MR) is 92.3 cm³/mol. The lowest BCUT2D eigenvalue weighted by Gasteiger charge is -2.48. The monoisotopic (exact) mass is 329 g/mol. The Morgan fingerprint density at radius 2 is 2.00 bits per heavy atom. The predicted octanol–water partition coefficient (Wildman–Crippen LogP) is 3.33. The van der Waals surface area contributed by atoms with Crippen molar-refractivity contribution in [1.82, 2.24) is 5.32 Å². The standard InChI is InChI=1S/C20H27NO3/c1-19(2,3)15-8-5-4-7-14(15)13-24-18(23)16-12-21-17(22)11-20(16)9-6-10-20/h4-5,7-8,16H,6,9-13H2,1-3H3,(H,21,22). The minimum Gasteiger partial charge on any atom is -0.461 e. The molecule has 3 rings (SSSR count). The van der Waals surface area contributed by atoms with Gasteiger partial charge in [0.15, 0.2) is 0 Å². The lowest BCUT2D eigenvalue weighted by molar-refractivity contribution is -0.162. The summed E-state index contributed by atoms with van der Waals surface area (Å²) in [5, 5.41) is 2.83. The number of hydrogen-bond acceptors (Lipinski definition) is 3. The van der Waals surface area contributed by atoms with Crippen LogP contribution in [0.5, 0.6) is 0 Å². The molecule has 1 spiro atoms. The van der Waals surface area contributed by atoms with Crippen LogP contribution in [0.25, 0.3) is 0 Å². The number of esters is 1. The van der Waals surface area contributed by atoms with Gasteiger partial charge in [-0.3, -0.25) is 9.59 Å². The Bertz CT molecular complexity index is 641. The van der Waals surface area contributed by atoms with Gasteiger partial charge < -0.3 is 10.1 Å². The smallest absolute Gasteiger partial charge is 0.311 e. The molecule has 1 aromatic carbocycles. The van der Waals surface area contributed by atoms with Gasteiger partial charge in [0.05, 0.1) is 5.92 Å². The Morgan fingerprint density at radius 1 is 1.29 bits per heavy atom. The van der Waals surface area contributed by atoms with Gasteiger partial charge in [-0.25, -0.2) is 0 Å². The fourth-order valence-corrected chi connectivity index (χ4v) is 4.05. The number of hydrogen-bond donors (Lipinski definition) is 1. The highest BCUT2D eigenvalue weighted by atomic mass is 16.5. The average Bonchev–Trinajstić information content (AvgIpc) is 2.50. The molecule has 4 nitrogen and oxygen atoms in total. The van der Waals surface area contributed by atoms with Gasteiger partial charge in [-0.15, -0.1) is 0 Å². The molecule has 2 fully saturated rings. The minimum atomic E-state index is -0.203. The van der Waals surface area contributed by atoms with Crippen LogP contribution in [-0.4, -0.2) is 18.4 Å². The van der Waals surface area contributed by atoms with Crippen LogP contribution in [0.15, 0.2) is 24.3 Å². The number of piperidine rings is 1. The molecule has 1 unspecified atom stereocenters. The van der Waals surface area contributed by atoms with Crippen LogP contribution < -0.4 is 5.32 Å². The van der Waals surface area contributed by atoms with Crippen molar-refractivity contribution in [3.05, 3.63) is 35.4 Å². The van der Waals surface area contributed by atoms with Crippen LogP contribution >= 0.6 is 0 Å². The number of carbonyl (C=O) groups is 2.